The molecule has 0 radical (unpaired) electrons. The Kier molecular flexibility index (Phi) is 9.41. The summed E-state index contributed by atoms with van der Waals surface area (Å²) in [5.74, 6) is -1.08. The predicted molar refractivity (Wildman–Crippen MR) is 109 cm³/mol. The van der Waals surface area contributed by atoms with Gasteiger partial charge in [0.25, 0.3) is 0 Å². The summed E-state index contributed by atoms with van der Waals surface area (Å²) >= 11 is 0. The van der Waals surface area contributed by atoms with Gasteiger partial charge in [-0.3, -0.25) is 4.79 Å². The van der Waals surface area contributed by atoms with Gasteiger partial charge in [-0.15, -0.1) is 0 Å². The molecule has 1 aromatic carbocycles. The monoisotopic (exact) mass is 388 g/mol. The summed E-state index contributed by atoms with van der Waals surface area (Å²) < 4.78 is 0. The summed E-state index contributed by atoms with van der Waals surface area (Å²) in [4.78, 5) is 10.5. The Bertz CT molecular complexity index is 640. The second-order valence-electron chi connectivity index (χ2n) is 7.58. The first-order valence-electron chi connectivity index (χ1n) is 10.1. The standard InChI is InChI=1S/C23H32O5/c24-18(13-12-17-8-4-3-5-9-17)14-15-20-19(21(25)16-22(20)26)10-6-1-2-7-11-23(27)28/h1,3-6,8-9,14-15,18-22,24-26H,2,7,10-13,16H2,(H,27,28)/b6-1+,15-14-/t18-,19+,20+,21-,22+/m0/s1. The smallest absolute Gasteiger partial charge is 0.303 e. The van der Waals surface area contributed by atoms with E-state index < -0.39 is 24.3 Å². The molecule has 0 aromatic heterocycles. The van der Waals surface area contributed by atoms with E-state index in [4.69, 9.17) is 5.11 Å². The Morgan fingerprint density at radius 1 is 1.14 bits per heavy atom. The number of unbranched alkanes of at least 4 members (excludes halogenated alkanes) is 1. The maximum Gasteiger partial charge on any atom is 0.303 e. The Morgan fingerprint density at radius 3 is 2.61 bits per heavy atom. The van der Waals surface area contributed by atoms with E-state index in [1.54, 1.807) is 6.08 Å². The van der Waals surface area contributed by atoms with Crippen LogP contribution in [0.4, 0.5) is 0 Å². The minimum absolute atomic E-state index is 0.0942. The van der Waals surface area contributed by atoms with Crippen LogP contribution in [-0.4, -0.2) is 44.7 Å². The van der Waals surface area contributed by atoms with Crippen molar-refractivity contribution in [3.8, 4) is 0 Å². The van der Waals surface area contributed by atoms with Crippen molar-refractivity contribution < 1.29 is 25.2 Å². The third-order valence-corrected chi connectivity index (χ3v) is 5.38. The Morgan fingerprint density at radius 2 is 1.89 bits per heavy atom. The van der Waals surface area contributed by atoms with Gasteiger partial charge < -0.3 is 20.4 Å². The molecule has 0 saturated heterocycles. The van der Waals surface area contributed by atoms with Gasteiger partial charge in [0.15, 0.2) is 0 Å². The van der Waals surface area contributed by atoms with Crippen LogP contribution in [0.3, 0.4) is 0 Å². The minimum Gasteiger partial charge on any atom is -0.481 e. The molecule has 1 aromatic rings. The first-order valence-corrected chi connectivity index (χ1v) is 10.1. The normalized spacial score (nSPS) is 26.2. The molecule has 5 heteroatoms. The van der Waals surface area contributed by atoms with Crippen molar-refractivity contribution in [2.45, 2.75) is 63.3 Å². The first kappa shape index (κ1) is 22.3. The molecule has 4 N–H and O–H groups in total. The van der Waals surface area contributed by atoms with Crippen LogP contribution in [0.1, 0.15) is 44.1 Å². The van der Waals surface area contributed by atoms with Gasteiger partial charge in [-0.25, -0.2) is 0 Å². The quantitative estimate of drug-likeness (QED) is 0.345. The summed E-state index contributed by atoms with van der Waals surface area (Å²) in [5, 5.41) is 39.4. The topological polar surface area (TPSA) is 98.0 Å². The number of aliphatic hydroxyl groups is 3. The van der Waals surface area contributed by atoms with Crippen molar-refractivity contribution in [2.75, 3.05) is 0 Å². The molecule has 5 atom stereocenters. The first-order chi connectivity index (χ1) is 13.5. The Balaban J connectivity index is 1.82. The zero-order chi connectivity index (χ0) is 20.4. The van der Waals surface area contributed by atoms with E-state index in [-0.39, 0.29) is 18.3 Å². The largest absolute Gasteiger partial charge is 0.481 e. The number of aryl methyl sites for hydroxylation is 1. The van der Waals surface area contributed by atoms with E-state index in [0.717, 1.165) is 6.42 Å². The van der Waals surface area contributed by atoms with Gasteiger partial charge in [-0.1, -0.05) is 54.6 Å². The molecule has 0 heterocycles. The molecular weight excluding hydrogens is 356 g/mol. The van der Waals surface area contributed by atoms with Crippen molar-refractivity contribution in [1.82, 2.24) is 0 Å². The zero-order valence-electron chi connectivity index (χ0n) is 16.2. The maximum atomic E-state index is 10.5. The van der Waals surface area contributed by atoms with Crippen LogP contribution in [0.25, 0.3) is 0 Å². The molecule has 1 fully saturated rings. The van der Waals surface area contributed by atoms with E-state index >= 15 is 0 Å². The zero-order valence-corrected chi connectivity index (χ0v) is 16.2. The van der Waals surface area contributed by atoms with Crippen molar-refractivity contribution in [3.05, 3.63) is 60.2 Å². The molecule has 2 rings (SSSR count). The third-order valence-electron chi connectivity index (χ3n) is 5.38. The van der Waals surface area contributed by atoms with E-state index in [0.29, 0.717) is 32.1 Å². The van der Waals surface area contributed by atoms with E-state index in [9.17, 15) is 20.1 Å². The average molecular weight is 389 g/mol. The predicted octanol–water partition coefficient (Wildman–Crippen LogP) is 3.10. The fourth-order valence-corrected chi connectivity index (χ4v) is 3.76. The lowest BCUT2D eigenvalue weighted by Crippen LogP contribution is -2.20. The molecule has 0 spiro atoms. The fraction of sp³-hybridized carbons (Fsp3) is 0.522. The van der Waals surface area contributed by atoms with E-state index in [1.165, 1.54) is 5.56 Å². The molecule has 0 amide bonds. The van der Waals surface area contributed by atoms with Crippen LogP contribution >= 0.6 is 0 Å². The summed E-state index contributed by atoms with van der Waals surface area (Å²) in [6.45, 7) is 0. The van der Waals surface area contributed by atoms with Gasteiger partial charge in [0.2, 0.25) is 0 Å². The molecule has 0 unspecified atom stereocenters. The number of carboxylic acids is 1. The lowest BCUT2D eigenvalue weighted by Gasteiger charge is -2.19. The highest BCUT2D eigenvalue weighted by atomic mass is 16.4. The summed E-state index contributed by atoms with van der Waals surface area (Å²) in [6, 6.07) is 9.99. The molecule has 1 aliphatic rings. The van der Waals surface area contributed by atoms with Crippen LogP contribution in [0.15, 0.2) is 54.6 Å². The molecule has 0 aliphatic heterocycles. The molecule has 1 aliphatic carbocycles. The molecular formula is C23H32O5. The van der Waals surface area contributed by atoms with Crippen LogP contribution in [0.2, 0.25) is 0 Å². The van der Waals surface area contributed by atoms with Gasteiger partial charge in [0.1, 0.15) is 0 Å². The van der Waals surface area contributed by atoms with Gasteiger partial charge in [-0.05, 0) is 43.6 Å². The number of carbonyl (C=O) groups is 1. The number of aliphatic hydroxyl groups excluding tert-OH is 3. The highest BCUT2D eigenvalue weighted by Gasteiger charge is 2.39. The van der Waals surface area contributed by atoms with Crippen LogP contribution < -0.4 is 0 Å². The van der Waals surface area contributed by atoms with Gasteiger partial charge in [-0.2, -0.15) is 0 Å². The van der Waals surface area contributed by atoms with Crippen molar-refractivity contribution in [2.24, 2.45) is 11.8 Å². The summed E-state index contributed by atoms with van der Waals surface area (Å²) in [7, 11) is 0. The summed E-state index contributed by atoms with van der Waals surface area (Å²) in [5.41, 5.74) is 1.18. The van der Waals surface area contributed by atoms with Crippen LogP contribution in [0, 0.1) is 11.8 Å². The lowest BCUT2D eigenvalue weighted by atomic mass is 9.89. The number of hydrogen-bond acceptors (Lipinski definition) is 4. The molecule has 5 nitrogen and oxygen atoms in total. The molecule has 1 saturated carbocycles. The van der Waals surface area contributed by atoms with Crippen molar-refractivity contribution in [3.63, 3.8) is 0 Å². The number of rotatable bonds is 11. The molecule has 154 valence electrons. The second kappa shape index (κ2) is 11.8. The van der Waals surface area contributed by atoms with E-state index in [1.807, 2.05) is 48.6 Å². The fourth-order valence-electron chi connectivity index (χ4n) is 3.76. The summed E-state index contributed by atoms with van der Waals surface area (Å²) in [6.07, 6.45) is 9.51. The van der Waals surface area contributed by atoms with Crippen LogP contribution in [0.5, 0.6) is 0 Å². The lowest BCUT2D eigenvalue weighted by molar-refractivity contribution is -0.137. The maximum absolute atomic E-state index is 10.5. The number of carboxylic acid groups (broad SMARTS) is 1. The molecule has 28 heavy (non-hydrogen) atoms. The van der Waals surface area contributed by atoms with Crippen molar-refractivity contribution in [1.29, 1.82) is 0 Å². The highest BCUT2D eigenvalue weighted by Crippen LogP contribution is 2.36. The van der Waals surface area contributed by atoms with Gasteiger partial charge in [0.05, 0.1) is 18.3 Å². The minimum atomic E-state index is -0.793. The van der Waals surface area contributed by atoms with Crippen LogP contribution in [-0.2, 0) is 11.2 Å². The highest BCUT2D eigenvalue weighted by molar-refractivity contribution is 5.66. The Hall–Kier alpha value is -1.95. The molecule has 0 bridgehead atoms. The Labute approximate surface area is 167 Å². The average Bonchev–Trinajstić information content (AvgIpc) is 2.94. The van der Waals surface area contributed by atoms with Crippen molar-refractivity contribution >= 4 is 5.97 Å². The van der Waals surface area contributed by atoms with Gasteiger partial charge >= 0.3 is 5.97 Å². The van der Waals surface area contributed by atoms with E-state index in [2.05, 4.69) is 0 Å². The number of allylic oxidation sites excluding steroid dienone is 2. The SMILES string of the molecule is O=C(O)CCC/C=C/C[C@@H]1[C@@H](/C=C\[C@@H](O)CCc2ccccc2)[C@H](O)C[C@@H]1O. The van der Waals surface area contributed by atoms with Gasteiger partial charge in [0, 0.05) is 18.8 Å². The number of aliphatic carboxylic acids is 1. The third kappa shape index (κ3) is 7.58. The number of benzene rings is 1. The second-order valence-corrected chi connectivity index (χ2v) is 7.58. The number of hydrogen-bond donors (Lipinski definition) is 4.